The highest BCUT2D eigenvalue weighted by atomic mass is 16.5. The number of methoxy groups -OCH3 is 1. The van der Waals surface area contributed by atoms with Gasteiger partial charge in [0.1, 0.15) is 0 Å². The molecule has 2 heteroatoms. The molecular formula is C18H23NO. The first-order valence-electron chi connectivity index (χ1n) is 7.16. The van der Waals surface area contributed by atoms with Gasteiger partial charge < -0.3 is 10.1 Å². The lowest BCUT2D eigenvalue weighted by Gasteiger charge is -2.24. The van der Waals surface area contributed by atoms with E-state index in [-0.39, 0.29) is 6.04 Å². The Morgan fingerprint density at radius 3 is 1.85 bits per heavy atom. The summed E-state index contributed by atoms with van der Waals surface area (Å²) in [5.74, 6) is 0. The lowest BCUT2D eigenvalue weighted by Crippen LogP contribution is -2.32. The molecule has 2 aromatic carbocycles. The fourth-order valence-corrected chi connectivity index (χ4v) is 2.34. The van der Waals surface area contributed by atoms with Gasteiger partial charge in [-0.25, -0.2) is 0 Å². The van der Waals surface area contributed by atoms with Crippen molar-refractivity contribution in [3.63, 3.8) is 0 Å². The van der Waals surface area contributed by atoms with Crippen molar-refractivity contribution in [3.05, 3.63) is 71.8 Å². The first-order chi connectivity index (χ1) is 9.81. The molecule has 1 atom stereocenters. The average Bonchev–Trinajstić information content (AvgIpc) is 2.52. The molecular weight excluding hydrogens is 246 g/mol. The first kappa shape index (κ1) is 14.8. The van der Waals surface area contributed by atoms with Gasteiger partial charge in [0.15, 0.2) is 0 Å². The lowest BCUT2D eigenvalue weighted by atomic mass is 9.97. The second kappa shape index (κ2) is 7.83. The first-order valence-corrected chi connectivity index (χ1v) is 7.16. The lowest BCUT2D eigenvalue weighted by molar-refractivity contribution is 0.183. The summed E-state index contributed by atoms with van der Waals surface area (Å²) in [6, 6.07) is 21.8. The van der Waals surface area contributed by atoms with Gasteiger partial charge in [-0.15, -0.1) is 0 Å². The largest absolute Gasteiger partial charge is 0.385 e. The zero-order valence-corrected chi connectivity index (χ0v) is 12.3. The molecule has 0 aliphatic heterocycles. The number of nitrogens with one attached hydrogen (secondary N) is 1. The van der Waals surface area contributed by atoms with E-state index >= 15 is 0 Å². The van der Waals surface area contributed by atoms with Gasteiger partial charge in [-0.3, -0.25) is 0 Å². The van der Waals surface area contributed by atoms with Gasteiger partial charge in [-0.2, -0.15) is 0 Å². The summed E-state index contributed by atoms with van der Waals surface area (Å²) in [6.45, 7) is 2.99. The van der Waals surface area contributed by atoms with Crippen molar-refractivity contribution in [1.29, 1.82) is 0 Å². The maximum absolute atomic E-state index is 5.17. The van der Waals surface area contributed by atoms with Crippen LogP contribution in [0.3, 0.4) is 0 Å². The standard InChI is InChI=1S/C18H23NO/c1-15(13-14-20-2)19-18(16-9-5-3-6-10-16)17-11-7-4-8-12-17/h3-12,15,18-19H,13-14H2,1-2H3. The Bertz CT molecular complexity index is 444. The topological polar surface area (TPSA) is 21.3 Å². The predicted octanol–water partition coefficient (Wildman–Crippen LogP) is 3.79. The van der Waals surface area contributed by atoms with Crippen LogP contribution in [0.15, 0.2) is 60.7 Å². The predicted molar refractivity (Wildman–Crippen MR) is 83.8 cm³/mol. The van der Waals surface area contributed by atoms with Crippen LogP contribution in [-0.2, 0) is 4.74 Å². The van der Waals surface area contributed by atoms with Crippen LogP contribution in [0, 0.1) is 0 Å². The summed E-state index contributed by atoms with van der Waals surface area (Å²) in [4.78, 5) is 0. The molecule has 0 aliphatic rings. The molecule has 0 spiro atoms. The molecule has 1 N–H and O–H groups in total. The molecule has 0 aliphatic carbocycles. The third-order valence-electron chi connectivity index (χ3n) is 3.47. The van der Waals surface area contributed by atoms with Crippen molar-refractivity contribution in [3.8, 4) is 0 Å². The Hall–Kier alpha value is -1.64. The van der Waals surface area contributed by atoms with Crippen molar-refractivity contribution in [2.75, 3.05) is 13.7 Å². The van der Waals surface area contributed by atoms with E-state index in [2.05, 4.69) is 72.9 Å². The van der Waals surface area contributed by atoms with Gasteiger partial charge in [0, 0.05) is 19.8 Å². The molecule has 2 rings (SSSR count). The van der Waals surface area contributed by atoms with E-state index in [1.165, 1.54) is 11.1 Å². The molecule has 0 saturated carbocycles. The van der Waals surface area contributed by atoms with E-state index in [9.17, 15) is 0 Å². The summed E-state index contributed by atoms with van der Waals surface area (Å²) >= 11 is 0. The van der Waals surface area contributed by atoms with Crippen molar-refractivity contribution in [2.24, 2.45) is 0 Å². The van der Waals surface area contributed by atoms with Crippen LogP contribution < -0.4 is 5.32 Å². The van der Waals surface area contributed by atoms with Crippen LogP contribution in [0.5, 0.6) is 0 Å². The number of ether oxygens (including phenoxy) is 1. The Labute approximate surface area is 121 Å². The van der Waals surface area contributed by atoms with Crippen LogP contribution in [0.25, 0.3) is 0 Å². The number of hydrogen-bond donors (Lipinski definition) is 1. The minimum absolute atomic E-state index is 0.226. The third kappa shape index (κ3) is 4.19. The van der Waals surface area contributed by atoms with E-state index in [0.29, 0.717) is 6.04 Å². The van der Waals surface area contributed by atoms with Crippen LogP contribution in [0.2, 0.25) is 0 Å². The molecule has 20 heavy (non-hydrogen) atoms. The maximum Gasteiger partial charge on any atom is 0.0578 e. The minimum Gasteiger partial charge on any atom is -0.385 e. The highest BCUT2D eigenvalue weighted by Gasteiger charge is 2.15. The van der Waals surface area contributed by atoms with Gasteiger partial charge in [-0.1, -0.05) is 60.7 Å². The van der Waals surface area contributed by atoms with E-state index in [1.54, 1.807) is 7.11 Å². The number of hydrogen-bond acceptors (Lipinski definition) is 2. The van der Waals surface area contributed by atoms with E-state index in [1.807, 2.05) is 0 Å². The summed E-state index contributed by atoms with van der Waals surface area (Å²) in [6.07, 6.45) is 1.01. The Morgan fingerprint density at radius 1 is 0.900 bits per heavy atom. The van der Waals surface area contributed by atoms with Crippen LogP contribution in [-0.4, -0.2) is 19.8 Å². The number of benzene rings is 2. The maximum atomic E-state index is 5.17. The summed E-state index contributed by atoms with van der Waals surface area (Å²) < 4.78 is 5.17. The average molecular weight is 269 g/mol. The van der Waals surface area contributed by atoms with Crippen LogP contribution in [0.1, 0.15) is 30.5 Å². The molecule has 106 valence electrons. The molecule has 2 nitrogen and oxygen atoms in total. The van der Waals surface area contributed by atoms with Crippen molar-refractivity contribution in [1.82, 2.24) is 5.32 Å². The van der Waals surface area contributed by atoms with Gasteiger partial charge >= 0.3 is 0 Å². The highest BCUT2D eigenvalue weighted by Crippen LogP contribution is 2.22. The van der Waals surface area contributed by atoms with Crippen molar-refractivity contribution < 1.29 is 4.74 Å². The Morgan fingerprint density at radius 2 is 1.40 bits per heavy atom. The van der Waals surface area contributed by atoms with E-state index in [0.717, 1.165) is 13.0 Å². The molecule has 2 aromatic rings. The van der Waals surface area contributed by atoms with E-state index < -0.39 is 0 Å². The SMILES string of the molecule is COCCC(C)NC(c1ccccc1)c1ccccc1. The molecule has 0 saturated heterocycles. The molecule has 0 amide bonds. The molecule has 0 bridgehead atoms. The second-order valence-electron chi connectivity index (χ2n) is 5.10. The van der Waals surface area contributed by atoms with Crippen molar-refractivity contribution in [2.45, 2.75) is 25.4 Å². The zero-order valence-electron chi connectivity index (χ0n) is 12.3. The molecule has 0 heterocycles. The second-order valence-corrected chi connectivity index (χ2v) is 5.10. The summed E-state index contributed by atoms with van der Waals surface area (Å²) in [5.41, 5.74) is 2.59. The zero-order chi connectivity index (χ0) is 14.2. The smallest absolute Gasteiger partial charge is 0.0578 e. The molecule has 0 aromatic heterocycles. The summed E-state index contributed by atoms with van der Waals surface area (Å²) in [5, 5.41) is 3.70. The normalized spacial score (nSPS) is 12.6. The minimum atomic E-state index is 0.226. The van der Waals surface area contributed by atoms with Crippen LogP contribution >= 0.6 is 0 Å². The third-order valence-corrected chi connectivity index (χ3v) is 3.47. The quantitative estimate of drug-likeness (QED) is 0.825. The number of rotatable bonds is 7. The van der Waals surface area contributed by atoms with Crippen molar-refractivity contribution >= 4 is 0 Å². The van der Waals surface area contributed by atoms with E-state index in [4.69, 9.17) is 4.74 Å². The summed E-state index contributed by atoms with van der Waals surface area (Å²) in [7, 11) is 1.75. The molecule has 0 radical (unpaired) electrons. The van der Waals surface area contributed by atoms with Gasteiger partial charge in [0.2, 0.25) is 0 Å². The molecule has 1 unspecified atom stereocenters. The van der Waals surface area contributed by atoms with Gasteiger partial charge in [-0.05, 0) is 24.5 Å². The highest BCUT2D eigenvalue weighted by molar-refractivity contribution is 5.31. The van der Waals surface area contributed by atoms with Gasteiger partial charge in [0.25, 0.3) is 0 Å². The molecule has 0 fully saturated rings. The Kier molecular flexibility index (Phi) is 5.78. The Balaban J connectivity index is 2.17. The van der Waals surface area contributed by atoms with Gasteiger partial charge in [0.05, 0.1) is 6.04 Å². The van der Waals surface area contributed by atoms with Crippen LogP contribution in [0.4, 0.5) is 0 Å². The fourth-order valence-electron chi connectivity index (χ4n) is 2.34. The fraction of sp³-hybridized carbons (Fsp3) is 0.333. The monoisotopic (exact) mass is 269 g/mol.